The largest absolute Gasteiger partial charge is 0.341 e. The van der Waals surface area contributed by atoms with Gasteiger partial charge in [-0.05, 0) is 73.6 Å². The molecule has 3 amide bonds. The maximum absolute atomic E-state index is 13.2. The topological polar surface area (TPSA) is 78.0 Å². The van der Waals surface area contributed by atoms with Crippen LogP contribution < -0.4 is 5.48 Å². The van der Waals surface area contributed by atoms with Crippen molar-refractivity contribution < 1.29 is 14.4 Å². The minimum absolute atomic E-state index is 0.00577. The maximum atomic E-state index is 13.2. The van der Waals surface area contributed by atoms with Crippen molar-refractivity contribution in [1.29, 1.82) is 0 Å². The standard InChI is InChI=1S/C25H33Cl2N5O3S/c1-17-14-20(26)28-22(27)21(17)23(33)30-11-7-25(2,8-12-30)31-9-4-19(5-10-31)32(24(34)29-35-3)15-18-6-13-36-16-18/h6,13-14,16,19H,4-5,7-12,15H2,1-3H3,(H,29,34). The average molecular weight is 555 g/mol. The van der Waals surface area contributed by atoms with E-state index in [1.165, 1.54) is 7.11 Å². The second kappa shape index (κ2) is 11.6. The SMILES string of the molecule is CONC(=O)N(Cc1ccsc1)C1CCN(C2(C)CCN(C(=O)c3c(C)cc(Cl)nc3Cl)CC2)CC1. The van der Waals surface area contributed by atoms with E-state index in [1.54, 1.807) is 17.4 Å². The predicted molar refractivity (Wildman–Crippen MR) is 143 cm³/mol. The molecule has 0 aromatic carbocycles. The number of rotatable bonds is 6. The molecule has 4 heterocycles. The molecule has 1 N–H and O–H groups in total. The summed E-state index contributed by atoms with van der Waals surface area (Å²) in [6.45, 7) is 7.82. The van der Waals surface area contributed by atoms with Crippen LogP contribution in [0.3, 0.4) is 0 Å². The highest BCUT2D eigenvalue weighted by atomic mass is 35.5. The normalized spacial score (nSPS) is 18.8. The fourth-order valence-corrected chi connectivity index (χ4v) is 6.60. The van der Waals surface area contributed by atoms with Crippen LogP contribution in [0.1, 0.15) is 54.1 Å². The molecule has 0 atom stereocenters. The van der Waals surface area contributed by atoms with Crippen LogP contribution in [0.4, 0.5) is 4.79 Å². The number of piperidine rings is 2. The van der Waals surface area contributed by atoms with Crippen molar-refractivity contribution in [3.63, 3.8) is 0 Å². The van der Waals surface area contributed by atoms with Gasteiger partial charge in [0, 0.05) is 44.3 Å². The molecule has 2 fully saturated rings. The van der Waals surface area contributed by atoms with Crippen LogP contribution in [0, 0.1) is 6.92 Å². The molecule has 0 spiro atoms. The van der Waals surface area contributed by atoms with Gasteiger partial charge >= 0.3 is 6.03 Å². The molecule has 0 aliphatic carbocycles. The molecule has 2 aliphatic rings. The lowest BCUT2D eigenvalue weighted by Crippen LogP contribution is -2.58. The quantitative estimate of drug-likeness (QED) is 0.402. The lowest BCUT2D eigenvalue weighted by molar-refractivity contribution is 0.00223. The van der Waals surface area contributed by atoms with Gasteiger partial charge in [-0.1, -0.05) is 23.2 Å². The number of hydrogen-bond donors (Lipinski definition) is 1. The van der Waals surface area contributed by atoms with Crippen LogP contribution >= 0.6 is 34.5 Å². The Morgan fingerprint density at radius 1 is 1.25 bits per heavy atom. The number of halogens is 2. The number of nitrogens with one attached hydrogen (secondary N) is 1. The number of nitrogens with zero attached hydrogens (tertiary/aromatic N) is 4. The summed E-state index contributed by atoms with van der Waals surface area (Å²) >= 11 is 13.9. The highest BCUT2D eigenvalue weighted by Gasteiger charge is 2.40. The van der Waals surface area contributed by atoms with Crippen molar-refractivity contribution in [2.45, 2.75) is 57.7 Å². The molecule has 8 nitrogen and oxygen atoms in total. The van der Waals surface area contributed by atoms with E-state index in [0.29, 0.717) is 25.2 Å². The third-order valence-electron chi connectivity index (χ3n) is 7.53. The number of urea groups is 1. The fourth-order valence-electron chi connectivity index (χ4n) is 5.33. The molecule has 2 saturated heterocycles. The smallest absolute Gasteiger partial charge is 0.338 e. The molecule has 2 aromatic heterocycles. The second-order valence-electron chi connectivity index (χ2n) is 9.81. The summed E-state index contributed by atoms with van der Waals surface area (Å²) in [6, 6.07) is 3.67. The molecule has 196 valence electrons. The number of amides is 3. The van der Waals surface area contributed by atoms with E-state index in [2.05, 4.69) is 33.7 Å². The number of carbonyl (C=O) groups excluding carboxylic acids is 2. The summed E-state index contributed by atoms with van der Waals surface area (Å²) in [4.78, 5) is 41.2. The number of aryl methyl sites for hydroxylation is 1. The van der Waals surface area contributed by atoms with Crippen molar-refractivity contribution in [3.8, 4) is 0 Å². The molecular weight excluding hydrogens is 521 g/mol. The molecule has 0 radical (unpaired) electrons. The van der Waals surface area contributed by atoms with Crippen LogP contribution in [0.2, 0.25) is 10.3 Å². The highest BCUT2D eigenvalue weighted by molar-refractivity contribution is 7.07. The van der Waals surface area contributed by atoms with Gasteiger partial charge in [0.05, 0.1) is 12.7 Å². The first-order valence-corrected chi connectivity index (χ1v) is 13.9. The molecule has 0 saturated carbocycles. The number of likely N-dealkylation sites (tertiary alicyclic amines) is 2. The van der Waals surface area contributed by atoms with Crippen molar-refractivity contribution in [2.24, 2.45) is 0 Å². The molecule has 36 heavy (non-hydrogen) atoms. The number of thiophene rings is 1. The van der Waals surface area contributed by atoms with E-state index in [0.717, 1.165) is 49.9 Å². The first-order valence-electron chi connectivity index (χ1n) is 12.2. The summed E-state index contributed by atoms with van der Waals surface area (Å²) in [5, 5.41) is 4.55. The highest BCUT2D eigenvalue weighted by Crippen LogP contribution is 2.34. The summed E-state index contributed by atoms with van der Waals surface area (Å²) in [5.41, 5.74) is 4.81. The van der Waals surface area contributed by atoms with Crippen molar-refractivity contribution in [3.05, 3.63) is 49.9 Å². The molecular formula is C25H33Cl2N5O3S. The summed E-state index contributed by atoms with van der Waals surface area (Å²) in [7, 11) is 1.46. The van der Waals surface area contributed by atoms with E-state index in [-0.39, 0.29) is 33.8 Å². The summed E-state index contributed by atoms with van der Waals surface area (Å²) in [6.07, 6.45) is 3.54. The monoisotopic (exact) mass is 553 g/mol. The van der Waals surface area contributed by atoms with E-state index in [4.69, 9.17) is 28.0 Å². The first-order chi connectivity index (χ1) is 17.2. The first kappa shape index (κ1) is 27.1. The lowest BCUT2D eigenvalue weighted by atomic mass is 9.85. The van der Waals surface area contributed by atoms with Gasteiger partial charge in [0.25, 0.3) is 5.91 Å². The zero-order chi connectivity index (χ0) is 25.9. The Hall–Kier alpha value is -1.91. The van der Waals surface area contributed by atoms with Crippen molar-refractivity contribution in [1.82, 2.24) is 25.2 Å². The van der Waals surface area contributed by atoms with E-state index in [1.807, 2.05) is 22.1 Å². The molecule has 0 unspecified atom stereocenters. The van der Waals surface area contributed by atoms with Crippen LogP contribution in [-0.4, -0.2) is 76.5 Å². The van der Waals surface area contributed by atoms with E-state index in [9.17, 15) is 9.59 Å². The van der Waals surface area contributed by atoms with Crippen LogP contribution in [0.25, 0.3) is 0 Å². The van der Waals surface area contributed by atoms with Gasteiger partial charge in [-0.2, -0.15) is 11.3 Å². The Morgan fingerprint density at radius 3 is 2.53 bits per heavy atom. The van der Waals surface area contributed by atoms with Gasteiger partial charge in [0.15, 0.2) is 0 Å². The van der Waals surface area contributed by atoms with Gasteiger partial charge < -0.3 is 9.80 Å². The minimum Gasteiger partial charge on any atom is -0.338 e. The minimum atomic E-state index is -0.203. The van der Waals surface area contributed by atoms with Gasteiger partial charge in [0.2, 0.25) is 0 Å². The molecule has 2 aliphatic heterocycles. The molecule has 4 rings (SSSR count). The van der Waals surface area contributed by atoms with Gasteiger partial charge in [-0.15, -0.1) is 0 Å². The second-order valence-corrected chi connectivity index (χ2v) is 11.3. The van der Waals surface area contributed by atoms with Gasteiger partial charge in [0.1, 0.15) is 10.3 Å². The Kier molecular flexibility index (Phi) is 8.78. The number of aromatic nitrogens is 1. The summed E-state index contributed by atoms with van der Waals surface area (Å²) in [5.74, 6) is -0.0874. The number of hydroxylamine groups is 1. The van der Waals surface area contributed by atoms with Crippen molar-refractivity contribution in [2.75, 3.05) is 33.3 Å². The zero-order valence-corrected chi connectivity index (χ0v) is 23.3. The third-order valence-corrected chi connectivity index (χ3v) is 8.73. The van der Waals surface area contributed by atoms with E-state index < -0.39 is 0 Å². The fraction of sp³-hybridized carbons (Fsp3) is 0.560. The van der Waals surface area contributed by atoms with Gasteiger partial charge in [-0.25, -0.2) is 15.3 Å². The predicted octanol–water partition coefficient (Wildman–Crippen LogP) is 4.99. The van der Waals surface area contributed by atoms with Crippen LogP contribution in [0.15, 0.2) is 22.9 Å². The molecule has 0 bridgehead atoms. The number of pyridine rings is 1. The van der Waals surface area contributed by atoms with Crippen molar-refractivity contribution >= 4 is 46.5 Å². The van der Waals surface area contributed by atoms with Crippen LogP contribution in [0.5, 0.6) is 0 Å². The maximum Gasteiger partial charge on any atom is 0.341 e. The Labute approximate surface area is 226 Å². The third kappa shape index (κ3) is 5.97. The van der Waals surface area contributed by atoms with Gasteiger partial charge in [-0.3, -0.25) is 14.5 Å². The zero-order valence-electron chi connectivity index (χ0n) is 20.9. The van der Waals surface area contributed by atoms with E-state index >= 15 is 0 Å². The Bertz CT molecular complexity index is 1040. The Balaban J connectivity index is 1.35. The number of hydrogen-bond acceptors (Lipinski definition) is 6. The number of carbonyl (C=O) groups is 2. The Morgan fingerprint density at radius 2 is 1.94 bits per heavy atom. The molecule has 2 aromatic rings. The molecule has 11 heteroatoms. The summed E-state index contributed by atoms with van der Waals surface area (Å²) < 4.78 is 0. The lowest BCUT2D eigenvalue weighted by Gasteiger charge is -2.50. The van der Waals surface area contributed by atoms with Crippen LogP contribution in [-0.2, 0) is 11.4 Å². The average Bonchev–Trinajstić information content (AvgIpc) is 3.36.